The molecule has 0 aliphatic carbocycles. The Balaban J connectivity index is 1.66. The van der Waals surface area contributed by atoms with Crippen molar-refractivity contribution in [2.75, 3.05) is 18.4 Å². The Morgan fingerprint density at radius 3 is 3.00 bits per heavy atom. The third-order valence-electron chi connectivity index (χ3n) is 4.96. The van der Waals surface area contributed by atoms with Crippen molar-refractivity contribution >= 4 is 34.4 Å². The highest BCUT2D eigenvalue weighted by atomic mass is 35.5. The lowest BCUT2D eigenvalue weighted by Crippen LogP contribution is -2.30. The van der Waals surface area contributed by atoms with Crippen molar-refractivity contribution in [1.82, 2.24) is 24.8 Å². The SMILES string of the molecule is CCc1cnc(-c2c[nH]c3ncc(Cl)cc23)nc1N[C@@H]1CCN(C(C)=O)C1. The van der Waals surface area contributed by atoms with Crippen molar-refractivity contribution in [3.63, 3.8) is 0 Å². The van der Waals surface area contributed by atoms with Crippen molar-refractivity contribution < 1.29 is 4.79 Å². The number of carbonyl (C=O) groups is 1. The first-order valence-corrected chi connectivity index (χ1v) is 9.44. The van der Waals surface area contributed by atoms with Crippen molar-refractivity contribution in [2.45, 2.75) is 32.7 Å². The molecule has 0 spiro atoms. The second-order valence-electron chi connectivity index (χ2n) is 6.77. The number of pyridine rings is 1. The maximum atomic E-state index is 11.6. The van der Waals surface area contributed by atoms with Gasteiger partial charge in [-0.3, -0.25) is 4.79 Å². The van der Waals surface area contributed by atoms with E-state index in [1.165, 1.54) is 0 Å². The Bertz CT molecular complexity index is 1000. The van der Waals surface area contributed by atoms with Gasteiger partial charge in [0.25, 0.3) is 0 Å². The molecule has 1 aliphatic rings. The normalized spacial score (nSPS) is 16.9. The van der Waals surface area contributed by atoms with Gasteiger partial charge in [0, 0.05) is 61.2 Å². The topological polar surface area (TPSA) is 86.8 Å². The third kappa shape index (κ3) is 3.47. The van der Waals surface area contributed by atoms with Crippen molar-refractivity contribution in [2.24, 2.45) is 0 Å². The summed E-state index contributed by atoms with van der Waals surface area (Å²) < 4.78 is 0. The standard InChI is InChI=1S/C19H21ClN6O/c1-3-12-7-21-19(16-9-23-18-15(16)6-13(20)8-22-18)25-17(12)24-14-4-5-26(10-14)11(2)27/h6-9,14H,3-5,10H2,1-2H3,(H,22,23)(H,21,24,25)/t14-/m1/s1. The van der Waals surface area contributed by atoms with Gasteiger partial charge in [0.2, 0.25) is 5.91 Å². The molecule has 0 radical (unpaired) electrons. The van der Waals surface area contributed by atoms with Gasteiger partial charge in [0.1, 0.15) is 11.5 Å². The molecule has 0 saturated carbocycles. The summed E-state index contributed by atoms with van der Waals surface area (Å²) >= 11 is 6.10. The minimum Gasteiger partial charge on any atom is -0.365 e. The largest absolute Gasteiger partial charge is 0.365 e. The molecular formula is C19H21ClN6O. The maximum absolute atomic E-state index is 11.6. The number of aromatic nitrogens is 4. The highest BCUT2D eigenvalue weighted by Crippen LogP contribution is 2.29. The number of aromatic amines is 1. The number of nitrogens with one attached hydrogen (secondary N) is 2. The molecule has 4 rings (SSSR count). The summed E-state index contributed by atoms with van der Waals surface area (Å²) in [4.78, 5) is 30.2. The van der Waals surface area contributed by atoms with Crippen LogP contribution in [0, 0.1) is 0 Å². The number of carbonyl (C=O) groups excluding carboxylic acids is 1. The van der Waals surface area contributed by atoms with Crippen molar-refractivity contribution in [3.8, 4) is 11.4 Å². The van der Waals surface area contributed by atoms with Crippen LogP contribution in [0.3, 0.4) is 0 Å². The number of amides is 1. The fourth-order valence-electron chi connectivity index (χ4n) is 3.44. The number of fused-ring (bicyclic) bond motifs is 1. The van der Waals surface area contributed by atoms with Crippen LogP contribution in [0.4, 0.5) is 5.82 Å². The number of rotatable bonds is 4. The first-order valence-electron chi connectivity index (χ1n) is 9.06. The lowest BCUT2D eigenvalue weighted by molar-refractivity contribution is -0.127. The lowest BCUT2D eigenvalue weighted by atomic mass is 10.1. The zero-order chi connectivity index (χ0) is 19.0. The van der Waals surface area contributed by atoms with Crippen molar-refractivity contribution in [1.29, 1.82) is 0 Å². The van der Waals surface area contributed by atoms with Gasteiger partial charge in [0.05, 0.1) is 5.02 Å². The predicted molar refractivity (Wildman–Crippen MR) is 106 cm³/mol. The minimum absolute atomic E-state index is 0.113. The molecule has 0 bridgehead atoms. The molecule has 3 aromatic heterocycles. The summed E-state index contributed by atoms with van der Waals surface area (Å²) in [5, 5.41) is 4.97. The van der Waals surface area contributed by atoms with E-state index in [4.69, 9.17) is 16.6 Å². The number of hydrogen-bond donors (Lipinski definition) is 2. The molecule has 1 saturated heterocycles. The second-order valence-corrected chi connectivity index (χ2v) is 7.20. The fraction of sp³-hybridized carbons (Fsp3) is 0.368. The maximum Gasteiger partial charge on any atom is 0.219 e. The Morgan fingerprint density at radius 1 is 1.41 bits per heavy atom. The van der Waals surface area contributed by atoms with Crippen LogP contribution in [0.25, 0.3) is 22.4 Å². The van der Waals surface area contributed by atoms with Gasteiger partial charge in [0.15, 0.2) is 5.82 Å². The predicted octanol–water partition coefficient (Wildman–Crippen LogP) is 3.27. The smallest absolute Gasteiger partial charge is 0.219 e. The summed E-state index contributed by atoms with van der Waals surface area (Å²) in [5.74, 6) is 1.55. The van der Waals surface area contributed by atoms with E-state index in [1.54, 1.807) is 13.1 Å². The van der Waals surface area contributed by atoms with E-state index in [2.05, 4.69) is 27.2 Å². The van der Waals surface area contributed by atoms with Crippen molar-refractivity contribution in [3.05, 3.63) is 35.2 Å². The first kappa shape index (κ1) is 17.7. The number of anilines is 1. The highest BCUT2D eigenvalue weighted by Gasteiger charge is 2.25. The Labute approximate surface area is 162 Å². The number of halogens is 1. The van der Waals surface area contributed by atoms with E-state index >= 15 is 0 Å². The summed E-state index contributed by atoms with van der Waals surface area (Å²) in [5.41, 5.74) is 2.67. The molecule has 8 heteroatoms. The molecule has 2 N–H and O–H groups in total. The van der Waals surface area contributed by atoms with E-state index in [9.17, 15) is 4.79 Å². The van der Waals surface area contributed by atoms with Gasteiger partial charge >= 0.3 is 0 Å². The van der Waals surface area contributed by atoms with Crippen LogP contribution < -0.4 is 5.32 Å². The monoisotopic (exact) mass is 384 g/mol. The summed E-state index contributed by atoms with van der Waals surface area (Å²) in [6, 6.07) is 2.06. The zero-order valence-electron chi connectivity index (χ0n) is 15.3. The Hall–Kier alpha value is -2.67. The number of aryl methyl sites for hydroxylation is 1. The lowest BCUT2D eigenvalue weighted by Gasteiger charge is -2.17. The van der Waals surface area contributed by atoms with Crippen LogP contribution in [0.2, 0.25) is 5.02 Å². The fourth-order valence-corrected chi connectivity index (χ4v) is 3.60. The molecule has 1 atom stereocenters. The minimum atomic E-state index is 0.113. The Kier molecular flexibility index (Phi) is 4.70. The van der Waals surface area contributed by atoms with Gasteiger partial charge in [-0.05, 0) is 18.9 Å². The average molecular weight is 385 g/mol. The van der Waals surface area contributed by atoms with Gasteiger partial charge in [-0.1, -0.05) is 18.5 Å². The molecule has 0 aromatic carbocycles. The van der Waals surface area contributed by atoms with E-state index in [-0.39, 0.29) is 11.9 Å². The first-order chi connectivity index (χ1) is 13.0. The van der Waals surface area contributed by atoms with Gasteiger partial charge in [-0.15, -0.1) is 0 Å². The number of H-pyrrole nitrogens is 1. The van der Waals surface area contributed by atoms with Gasteiger partial charge in [-0.25, -0.2) is 15.0 Å². The van der Waals surface area contributed by atoms with Crippen LogP contribution in [-0.4, -0.2) is 49.9 Å². The summed E-state index contributed by atoms with van der Waals surface area (Å²) in [6.45, 7) is 5.16. The molecule has 1 fully saturated rings. The molecule has 1 amide bonds. The molecule has 7 nitrogen and oxygen atoms in total. The number of nitrogens with zero attached hydrogens (tertiary/aromatic N) is 4. The van der Waals surface area contributed by atoms with E-state index < -0.39 is 0 Å². The molecule has 140 valence electrons. The van der Waals surface area contributed by atoms with Crippen LogP contribution in [0.15, 0.2) is 24.7 Å². The number of likely N-dealkylation sites (tertiary alicyclic amines) is 1. The zero-order valence-corrected chi connectivity index (χ0v) is 16.0. The van der Waals surface area contributed by atoms with E-state index in [0.29, 0.717) is 17.4 Å². The second kappa shape index (κ2) is 7.15. The molecule has 27 heavy (non-hydrogen) atoms. The molecule has 4 heterocycles. The van der Waals surface area contributed by atoms with Crippen LogP contribution in [0.5, 0.6) is 0 Å². The van der Waals surface area contributed by atoms with Crippen LogP contribution in [0.1, 0.15) is 25.8 Å². The molecule has 0 unspecified atom stereocenters. The molecular weight excluding hydrogens is 364 g/mol. The highest BCUT2D eigenvalue weighted by molar-refractivity contribution is 6.31. The van der Waals surface area contributed by atoms with Crippen LogP contribution >= 0.6 is 11.6 Å². The number of hydrogen-bond acceptors (Lipinski definition) is 5. The summed E-state index contributed by atoms with van der Waals surface area (Å²) in [7, 11) is 0. The third-order valence-corrected chi connectivity index (χ3v) is 5.17. The Morgan fingerprint density at radius 2 is 2.26 bits per heavy atom. The molecule has 3 aromatic rings. The average Bonchev–Trinajstić information content (AvgIpc) is 3.28. The quantitative estimate of drug-likeness (QED) is 0.720. The van der Waals surface area contributed by atoms with Crippen LogP contribution in [-0.2, 0) is 11.2 Å². The van der Waals surface area contributed by atoms with Gasteiger partial charge < -0.3 is 15.2 Å². The van der Waals surface area contributed by atoms with E-state index in [0.717, 1.165) is 47.4 Å². The molecule has 1 aliphatic heterocycles. The summed E-state index contributed by atoms with van der Waals surface area (Å²) in [6.07, 6.45) is 7.06. The van der Waals surface area contributed by atoms with E-state index in [1.807, 2.05) is 23.4 Å². The van der Waals surface area contributed by atoms with Gasteiger partial charge in [-0.2, -0.15) is 0 Å².